The molecule has 0 spiro atoms. The average Bonchev–Trinajstić information content (AvgIpc) is 3.17. The molecule has 25 heavy (non-hydrogen) atoms. The second-order valence-corrected chi connectivity index (χ2v) is 7.73. The first-order valence-corrected chi connectivity index (χ1v) is 9.75. The summed E-state index contributed by atoms with van der Waals surface area (Å²) in [6, 6.07) is 5.08. The van der Waals surface area contributed by atoms with Gasteiger partial charge in [0.2, 0.25) is 5.91 Å². The monoisotopic (exact) mass is 343 g/mol. The number of amides is 1. The van der Waals surface area contributed by atoms with Gasteiger partial charge in [-0.15, -0.1) is 0 Å². The summed E-state index contributed by atoms with van der Waals surface area (Å²) >= 11 is 0. The second-order valence-electron chi connectivity index (χ2n) is 7.73. The molecule has 0 radical (unpaired) electrons. The van der Waals surface area contributed by atoms with Crippen LogP contribution in [0.2, 0.25) is 0 Å². The third kappa shape index (κ3) is 3.32. The molecule has 2 atom stereocenters. The zero-order valence-corrected chi connectivity index (χ0v) is 15.1. The number of ether oxygens (including phenoxy) is 1. The Bertz CT molecular complexity index is 580. The number of aromatic nitrogens is 1. The van der Waals surface area contributed by atoms with Gasteiger partial charge >= 0.3 is 0 Å². The Morgan fingerprint density at radius 3 is 2.44 bits per heavy atom. The predicted octanol–water partition coefficient (Wildman–Crippen LogP) is 2.63. The van der Waals surface area contributed by atoms with Gasteiger partial charge in [0, 0.05) is 51.1 Å². The highest BCUT2D eigenvalue weighted by Crippen LogP contribution is 2.39. The Hall–Kier alpha value is -1.46. The molecule has 0 aromatic carbocycles. The maximum Gasteiger partial charge on any atom is 0.225 e. The van der Waals surface area contributed by atoms with Gasteiger partial charge in [0.1, 0.15) is 0 Å². The van der Waals surface area contributed by atoms with E-state index in [-0.39, 0.29) is 6.10 Å². The fraction of sp³-hybridized carbons (Fsp3) is 0.700. The predicted molar refractivity (Wildman–Crippen MR) is 96.0 cm³/mol. The van der Waals surface area contributed by atoms with E-state index >= 15 is 0 Å². The van der Waals surface area contributed by atoms with Crippen LogP contribution in [0.25, 0.3) is 0 Å². The first kappa shape index (κ1) is 17.0. The minimum atomic E-state index is 0.264. The van der Waals surface area contributed by atoms with Crippen molar-refractivity contribution < 1.29 is 9.53 Å². The lowest BCUT2D eigenvalue weighted by molar-refractivity contribution is -0.141. The Labute approximate surface area is 150 Å². The quantitative estimate of drug-likeness (QED) is 0.843. The van der Waals surface area contributed by atoms with Crippen LogP contribution in [-0.4, -0.2) is 59.6 Å². The van der Waals surface area contributed by atoms with Crippen molar-refractivity contribution in [1.82, 2.24) is 14.8 Å². The Morgan fingerprint density at radius 2 is 1.80 bits per heavy atom. The average molecular weight is 343 g/mol. The van der Waals surface area contributed by atoms with E-state index in [9.17, 15) is 4.79 Å². The molecule has 1 saturated carbocycles. The van der Waals surface area contributed by atoms with E-state index in [0.29, 0.717) is 23.9 Å². The fourth-order valence-corrected chi connectivity index (χ4v) is 4.89. The van der Waals surface area contributed by atoms with Crippen LogP contribution in [0, 0.1) is 5.92 Å². The summed E-state index contributed by atoms with van der Waals surface area (Å²) in [6.07, 6.45) is 10.8. The molecule has 0 bridgehead atoms. The zero-order chi connectivity index (χ0) is 17.2. The van der Waals surface area contributed by atoms with Crippen LogP contribution < -0.4 is 0 Å². The summed E-state index contributed by atoms with van der Waals surface area (Å²) in [5.74, 6) is 0.725. The van der Waals surface area contributed by atoms with Gasteiger partial charge in [-0.25, -0.2) is 0 Å². The molecule has 1 aliphatic carbocycles. The number of carbonyl (C=O) groups excluding carboxylic acids is 1. The van der Waals surface area contributed by atoms with Gasteiger partial charge in [-0.05, 0) is 43.4 Å². The van der Waals surface area contributed by atoms with Crippen LogP contribution in [0.3, 0.4) is 0 Å². The van der Waals surface area contributed by atoms with Crippen LogP contribution in [0.4, 0.5) is 0 Å². The summed E-state index contributed by atoms with van der Waals surface area (Å²) in [7, 11) is 1.80. The molecule has 4 rings (SSSR count). The van der Waals surface area contributed by atoms with Crippen LogP contribution in [0.5, 0.6) is 0 Å². The SMILES string of the molecule is CO[C@H]1CN(C2CCN(C(=O)C3CCCC3)CC2)[C@H]1c1ccncc1. The van der Waals surface area contributed by atoms with E-state index < -0.39 is 0 Å². The molecule has 1 aromatic rings. The number of methoxy groups -OCH3 is 1. The van der Waals surface area contributed by atoms with Gasteiger partial charge in [-0.3, -0.25) is 14.7 Å². The molecule has 2 saturated heterocycles. The first-order valence-electron chi connectivity index (χ1n) is 9.75. The van der Waals surface area contributed by atoms with Crippen molar-refractivity contribution in [2.75, 3.05) is 26.7 Å². The van der Waals surface area contributed by atoms with E-state index in [4.69, 9.17) is 4.74 Å². The highest BCUT2D eigenvalue weighted by Gasteiger charge is 2.44. The fourth-order valence-electron chi connectivity index (χ4n) is 4.89. The summed E-state index contributed by atoms with van der Waals surface area (Å²) in [5, 5.41) is 0. The molecule has 5 nitrogen and oxygen atoms in total. The number of carbonyl (C=O) groups is 1. The molecular formula is C20H29N3O2. The molecule has 2 aliphatic heterocycles. The molecule has 0 N–H and O–H groups in total. The lowest BCUT2D eigenvalue weighted by Gasteiger charge is -2.53. The summed E-state index contributed by atoms with van der Waals surface area (Å²) in [4.78, 5) is 21.5. The molecular weight excluding hydrogens is 314 g/mol. The second kappa shape index (κ2) is 7.42. The van der Waals surface area contributed by atoms with Crippen molar-refractivity contribution >= 4 is 5.91 Å². The minimum Gasteiger partial charge on any atom is -0.378 e. The van der Waals surface area contributed by atoms with E-state index in [2.05, 4.69) is 26.9 Å². The Morgan fingerprint density at radius 1 is 1.12 bits per heavy atom. The van der Waals surface area contributed by atoms with Crippen molar-refractivity contribution in [1.29, 1.82) is 0 Å². The standard InChI is InChI=1S/C20H29N3O2/c1-25-18-14-23(19(18)15-6-10-21-11-7-15)17-8-12-22(13-9-17)20(24)16-4-2-3-5-16/h6-7,10-11,16-19H,2-5,8-9,12-14H2,1H3/t18-,19-/m0/s1. The van der Waals surface area contributed by atoms with Crippen molar-refractivity contribution in [3.05, 3.63) is 30.1 Å². The molecule has 3 aliphatic rings. The number of hydrogen-bond acceptors (Lipinski definition) is 4. The van der Waals surface area contributed by atoms with Gasteiger partial charge in [0.25, 0.3) is 0 Å². The van der Waals surface area contributed by atoms with E-state index in [1.807, 2.05) is 12.4 Å². The van der Waals surface area contributed by atoms with Crippen molar-refractivity contribution in [3.63, 3.8) is 0 Å². The number of nitrogens with zero attached hydrogens (tertiary/aromatic N) is 3. The van der Waals surface area contributed by atoms with E-state index in [0.717, 1.165) is 45.3 Å². The maximum absolute atomic E-state index is 12.6. The molecule has 5 heteroatoms. The van der Waals surface area contributed by atoms with Crippen LogP contribution >= 0.6 is 0 Å². The normalized spacial score (nSPS) is 28.9. The molecule has 1 aromatic heterocycles. The Kier molecular flexibility index (Phi) is 5.04. The lowest BCUT2D eigenvalue weighted by atomic mass is 9.87. The molecule has 136 valence electrons. The highest BCUT2D eigenvalue weighted by atomic mass is 16.5. The lowest BCUT2D eigenvalue weighted by Crippen LogP contribution is -2.60. The number of likely N-dealkylation sites (tertiary alicyclic amines) is 2. The number of rotatable bonds is 4. The van der Waals surface area contributed by atoms with Crippen molar-refractivity contribution in [2.45, 2.75) is 56.7 Å². The topological polar surface area (TPSA) is 45.7 Å². The van der Waals surface area contributed by atoms with E-state index in [1.165, 1.54) is 18.4 Å². The largest absolute Gasteiger partial charge is 0.378 e. The smallest absolute Gasteiger partial charge is 0.225 e. The van der Waals surface area contributed by atoms with Crippen molar-refractivity contribution in [3.8, 4) is 0 Å². The molecule has 3 fully saturated rings. The van der Waals surface area contributed by atoms with Gasteiger partial charge < -0.3 is 9.64 Å². The third-order valence-corrected chi connectivity index (χ3v) is 6.40. The van der Waals surface area contributed by atoms with Gasteiger partial charge in [0.15, 0.2) is 0 Å². The highest BCUT2D eigenvalue weighted by molar-refractivity contribution is 5.79. The van der Waals surface area contributed by atoms with E-state index in [1.54, 1.807) is 7.11 Å². The summed E-state index contributed by atoms with van der Waals surface area (Å²) in [6.45, 7) is 2.82. The van der Waals surface area contributed by atoms with Gasteiger partial charge in [-0.2, -0.15) is 0 Å². The van der Waals surface area contributed by atoms with Crippen LogP contribution in [0.15, 0.2) is 24.5 Å². The van der Waals surface area contributed by atoms with Crippen LogP contribution in [-0.2, 0) is 9.53 Å². The molecule has 1 amide bonds. The summed E-state index contributed by atoms with van der Waals surface area (Å²) in [5.41, 5.74) is 1.29. The number of piperidine rings is 1. The maximum atomic E-state index is 12.6. The number of hydrogen-bond donors (Lipinski definition) is 0. The molecule has 3 heterocycles. The van der Waals surface area contributed by atoms with Crippen LogP contribution in [0.1, 0.15) is 50.1 Å². The first-order chi connectivity index (χ1) is 12.3. The van der Waals surface area contributed by atoms with Crippen molar-refractivity contribution in [2.24, 2.45) is 5.92 Å². The number of pyridine rings is 1. The van der Waals surface area contributed by atoms with Gasteiger partial charge in [0.05, 0.1) is 12.1 Å². The summed E-state index contributed by atoms with van der Waals surface area (Å²) < 4.78 is 5.67. The Balaban J connectivity index is 1.36. The van der Waals surface area contributed by atoms with Gasteiger partial charge in [-0.1, -0.05) is 12.8 Å². The zero-order valence-electron chi connectivity index (χ0n) is 15.1. The molecule has 0 unspecified atom stereocenters. The minimum absolute atomic E-state index is 0.264. The third-order valence-electron chi connectivity index (χ3n) is 6.40.